The minimum Gasteiger partial charge on any atom is -0.309 e. The van der Waals surface area contributed by atoms with Crippen LogP contribution in [0.4, 0.5) is 0 Å². The van der Waals surface area contributed by atoms with Crippen LogP contribution < -0.4 is 0 Å². The molecule has 0 bridgehead atoms. The Kier molecular flexibility index (Phi) is 6.98. The molecule has 0 fully saturated rings. The Morgan fingerprint density at radius 1 is 0.283 bits per heavy atom. The highest BCUT2D eigenvalue weighted by atomic mass is 15.0. The molecular formula is C56H34N4. The molecule has 13 rings (SSSR count). The van der Waals surface area contributed by atoms with Gasteiger partial charge in [0.2, 0.25) is 0 Å². The van der Waals surface area contributed by atoms with Gasteiger partial charge in [-0.15, -0.1) is 0 Å². The highest BCUT2D eigenvalue weighted by Crippen LogP contribution is 2.41. The lowest BCUT2D eigenvalue weighted by atomic mass is 9.98. The smallest absolute Gasteiger partial charge is 0.0979 e. The zero-order valence-corrected chi connectivity index (χ0v) is 32.4. The average molecular weight is 763 g/mol. The summed E-state index contributed by atoms with van der Waals surface area (Å²) >= 11 is 0. The fourth-order valence-corrected chi connectivity index (χ4v) is 9.63. The van der Waals surface area contributed by atoms with Crippen molar-refractivity contribution in [3.8, 4) is 33.9 Å². The van der Waals surface area contributed by atoms with Crippen molar-refractivity contribution in [2.75, 3.05) is 0 Å². The minimum atomic E-state index is 0.869. The molecule has 0 N–H and O–H groups in total. The van der Waals surface area contributed by atoms with Gasteiger partial charge in [-0.2, -0.15) is 0 Å². The highest BCUT2D eigenvalue weighted by molar-refractivity contribution is 6.16. The number of benzene rings is 10. The Morgan fingerprint density at radius 2 is 0.767 bits per heavy atom. The van der Waals surface area contributed by atoms with Crippen LogP contribution in [0.1, 0.15) is 0 Å². The van der Waals surface area contributed by atoms with Gasteiger partial charge in [0.15, 0.2) is 0 Å². The summed E-state index contributed by atoms with van der Waals surface area (Å²) in [6.45, 7) is 0. The predicted octanol–water partition coefficient (Wildman–Crippen LogP) is 14.6. The molecule has 0 spiro atoms. The maximum absolute atomic E-state index is 5.28. The minimum absolute atomic E-state index is 0.869. The molecule has 0 aliphatic rings. The van der Waals surface area contributed by atoms with E-state index >= 15 is 0 Å². The topological polar surface area (TPSA) is 35.6 Å². The van der Waals surface area contributed by atoms with E-state index in [2.05, 4.69) is 191 Å². The summed E-state index contributed by atoms with van der Waals surface area (Å²) in [7, 11) is 0. The molecule has 10 aromatic carbocycles. The van der Waals surface area contributed by atoms with Crippen molar-refractivity contribution >= 4 is 87.0 Å². The van der Waals surface area contributed by atoms with Gasteiger partial charge in [-0.05, 0) is 105 Å². The van der Waals surface area contributed by atoms with Crippen molar-refractivity contribution in [3.05, 3.63) is 206 Å². The summed E-state index contributed by atoms with van der Waals surface area (Å²) in [5.41, 5.74) is 12.6. The fraction of sp³-hybridized carbons (Fsp3) is 0. The van der Waals surface area contributed by atoms with Gasteiger partial charge in [-0.3, -0.25) is 0 Å². The molecule has 0 aliphatic heterocycles. The summed E-state index contributed by atoms with van der Waals surface area (Å²) in [6, 6.07) is 74.5. The third-order valence-corrected chi connectivity index (χ3v) is 12.4. The first kappa shape index (κ1) is 32.9. The van der Waals surface area contributed by atoms with Gasteiger partial charge in [-0.1, -0.05) is 133 Å². The SMILES string of the molecule is c1ccc2cc3c(cc2c1)c1ccccc1n3-c1ccc2c(c1)c1cc3ccccc3cc1n2-c1ccc(-c2nc3ccccc3nc2-c2cccc3ccccc23)cc1. The standard InChI is InChI=1S/C56H34N4/c1-3-15-39-32-53-46(30-37(39)13-1)44-19-7-10-23-51(44)60(53)42-28-29-52-48(34-42)47-31-38-14-2-4-16-40(38)33-54(47)59(52)41-26-24-36(25-27-41)55-56(58-50-22-9-8-21-49(50)57-55)45-20-11-17-35-12-5-6-18-43(35)45/h1-34H. The maximum atomic E-state index is 5.28. The summed E-state index contributed by atoms with van der Waals surface area (Å²) in [5, 5.41) is 12.2. The summed E-state index contributed by atoms with van der Waals surface area (Å²) in [4.78, 5) is 10.5. The van der Waals surface area contributed by atoms with E-state index in [1.165, 1.54) is 65.0 Å². The Morgan fingerprint density at radius 3 is 1.47 bits per heavy atom. The van der Waals surface area contributed by atoms with Gasteiger partial charge in [0.1, 0.15) is 0 Å². The van der Waals surface area contributed by atoms with Crippen molar-refractivity contribution in [2.45, 2.75) is 0 Å². The van der Waals surface area contributed by atoms with Crippen LogP contribution in [-0.2, 0) is 0 Å². The first-order chi connectivity index (χ1) is 29.7. The molecule has 0 unspecified atom stereocenters. The molecule has 0 amide bonds. The monoisotopic (exact) mass is 762 g/mol. The molecule has 4 heteroatoms. The maximum Gasteiger partial charge on any atom is 0.0979 e. The zero-order chi connectivity index (χ0) is 39.3. The van der Waals surface area contributed by atoms with E-state index in [0.29, 0.717) is 0 Å². The largest absolute Gasteiger partial charge is 0.309 e. The quantitative estimate of drug-likeness (QED) is 0.179. The summed E-state index contributed by atoms with van der Waals surface area (Å²) in [5.74, 6) is 0. The summed E-state index contributed by atoms with van der Waals surface area (Å²) in [6.07, 6.45) is 0. The van der Waals surface area contributed by atoms with Crippen molar-refractivity contribution in [3.63, 3.8) is 0 Å². The molecule has 0 saturated heterocycles. The number of rotatable bonds is 4. The number of hydrogen-bond acceptors (Lipinski definition) is 2. The number of aromatic nitrogens is 4. The Bertz CT molecular complexity index is 3880. The van der Waals surface area contributed by atoms with Crippen LogP contribution in [-0.4, -0.2) is 19.1 Å². The van der Waals surface area contributed by atoms with Gasteiger partial charge >= 0.3 is 0 Å². The molecule has 13 aromatic rings. The van der Waals surface area contributed by atoms with Crippen LogP contribution in [0.2, 0.25) is 0 Å². The molecular weight excluding hydrogens is 729 g/mol. The molecule has 3 aromatic heterocycles. The molecule has 3 heterocycles. The average Bonchev–Trinajstić information content (AvgIpc) is 3.80. The van der Waals surface area contributed by atoms with E-state index in [1.54, 1.807) is 0 Å². The third-order valence-electron chi connectivity index (χ3n) is 12.4. The molecule has 0 aliphatic carbocycles. The number of fused-ring (bicyclic) bond motifs is 10. The Balaban J connectivity index is 1.02. The van der Waals surface area contributed by atoms with Gasteiger partial charge < -0.3 is 9.13 Å². The molecule has 278 valence electrons. The zero-order valence-electron chi connectivity index (χ0n) is 32.4. The molecule has 60 heavy (non-hydrogen) atoms. The van der Waals surface area contributed by atoms with Crippen LogP contribution in [0.15, 0.2) is 206 Å². The fourth-order valence-electron chi connectivity index (χ4n) is 9.63. The van der Waals surface area contributed by atoms with Gasteiger partial charge in [0.25, 0.3) is 0 Å². The normalized spacial score (nSPS) is 12.0. The van der Waals surface area contributed by atoms with Crippen molar-refractivity contribution < 1.29 is 0 Å². The second-order valence-electron chi connectivity index (χ2n) is 15.8. The number of nitrogens with zero attached hydrogens (tertiary/aromatic N) is 4. The molecule has 0 atom stereocenters. The molecule has 0 radical (unpaired) electrons. The van der Waals surface area contributed by atoms with E-state index in [9.17, 15) is 0 Å². The molecule has 4 nitrogen and oxygen atoms in total. The van der Waals surface area contributed by atoms with Gasteiger partial charge in [-0.25, -0.2) is 9.97 Å². The Labute approximate surface area is 344 Å². The van der Waals surface area contributed by atoms with E-state index in [4.69, 9.17) is 9.97 Å². The van der Waals surface area contributed by atoms with Crippen LogP contribution in [0.25, 0.3) is 121 Å². The second-order valence-corrected chi connectivity index (χ2v) is 15.8. The predicted molar refractivity (Wildman–Crippen MR) is 252 cm³/mol. The first-order valence-electron chi connectivity index (χ1n) is 20.5. The molecule has 0 saturated carbocycles. The van der Waals surface area contributed by atoms with E-state index < -0.39 is 0 Å². The van der Waals surface area contributed by atoms with Crippen LogP contribution in [0.5, 0.6) is 0 Å². The highest BCUT2D eigenvalue weighted by Gasteiger charge is 2.20. The van der Waals surface area contributed by atoms with Crippen LogP contribution >= 0.6 is 0 Å². The lowest BCUT2D eigenvalue weighted by Gasteiger charge is -2.14. The lowest BCUT2D eigenvalue weighted by molar-refractivity contribution is 1.17. The van der Waals surface area contributed by atoms with E-state index in [-0.39, 0.29) is 0 Å². The summed E-state index contributed by atoms with van der Waals surface area (Å²) < 4.78 is 4.86. The second kappa shape index (κ2) is 12.7. The van der Waals surface area contributed by atoms with E-state index in [0.717, 1.165) is 55.8 Å². The van der Waals surface area contributed by atoms with Crippen LogP contribution in [0, 0.1) is 0 Å². The van der Waals surface area contributed by atoms with Crippen molar-refractivity contribution in [1.82, 2.24) is 19.1 Å². The first-order valence-corrected chi connectivity index (χ1v) is 20.5. The number of hydrogen-bond donors (Lipinski definition) is 0. The van der Waals surface area contributed by atoms with Crippen LogP contribution in [0.3, 0.4) is 0 Å². The van der Waals surface area contributed by atoms with Crippen molar-refractivity contribution in [2.24, 2.45) is 0 Å². The lowest BCUT2D eigenvalue weighted by Crippen LogP contribution is -1.98. The van der Waals surface area contributed by atoms with Crippen molar-refractivity contribution in [1.29, 1.82) is 0 Å². The third kappa shape index (κ3) is 4.91. The van der Waals surface area contributed by atoms with Gasteiger partial charge in [0, 0.05) is 44.0 Å². The van der Waals surface area contributed by atoms with Gasteiger partial charge in [0.05, 0.1) is 44.5 Å². The number of para-hydroxylation sites is 3. The van der Waals surface area contributed by atoms with E-state index in [1.807, 2.05) is 24.3 Å². The Hall–Kier alpha value is -8.08.